The summed E-state index contributed by atoms with van der Waals surface area (Å²) in [6.45, 7) is 6.92. The predicted molar refractivity (Wildman–Crippen MR) is 189 cm³/mol. The van der Waals surface area contributed by atoms with E-state index in [9.17, 15) is 52.7 Å². The maximum Gasteiger partial charge on any atom is 0.322 e. The lowest BCUT2D eigenvalue weighted by atomic mass is 10.0. The van der Waals surface area contributed by atoms with E-state index in [1.54, 1.807) is 27.7 Å². The second kappa shape index (κ2) is 24.4. The summed E-state index contributed by atoms with van der Waals surface area (Å²) < 4.78 is 0. The molecule has 13 N–H and O–H groups in total. The maximum absolute atomic E-state index is 13.2. The second-order valence-electron chi connectivity index (χ2n) is 13.1. The molecule has 6 unspecified atom stereocenters. The van der Waals surface area contributed by atoms with Crippen molar-refractivity contribution in [2.45, 2.75) is 103 Å². The standard InChI is InChI=1S/C32H53N9O14/c1-14(2)25(33)31(54)39-18(7-9-22(44)45)29(52)37-17(6)28(51)36-12-21(43)41-26(15(3)4)32(55)40-19(8-10-23(46)47)30(53)38-16(5)27(50)35-11-20(42)34-13-24(48)49/h14-19,25-26H,7-13,33H2,1-6H3,(H,34,42)(H,35,50)(H,36,51)(H,37,52)(H,38,53)(H,39,54)(H,40,55)(H,41,43)(H,44,45)(H,46,47)(H,48,49). The van der Waals surface area contributed by atoms with Gasteiger partial charge < -0.3 is 63.6 Å². The van der Waals surface area contributed by atoms with Crippen LogP contribution in [0.3, 0.4) is 0 Å². The van der Waals surface area contributed by atoms with Gasteiger partial charge in [-0.1, -0.05) is 27.7 Å². The van der Waals surface area contributed by atoms with Gasteiger partial charge in [0.05, 0.1) is 19.1 Å². The molecule has 0 aromatic rings. The average molecular weight is 788 g/mol. The predicted octanol–water partition coefficient (Wildman–Crippen LogP) is -4.75. The zero-order valence-electron chi connectivity index (χ0n) is 31.5. The lowest BCUT2D eigenvalue weighted by Crippen LogP contribution is -2.58. The Morgan fingerprint density at radius 3 is 1.25 bits per heavy atom. The molecule has 310 valence electrons. The van der Waals surface area contributed by atoms with Crippen LogP contribution in [0, 0.1) is 11.8 Å². The molecule has 8 amide bonds. The highest BCUT2D eigenvalue weighted by Crippen LogP contribution is 2.07. The molecule has 0 aliphatic carbocycles. The van der Waals surface area contributed by atoms with Crippen molar-refractivity contribution in [1.29, 1.82) is 0 Å². The number of aliphatic carboxylic acids is 3. The van der Waals surface area contributed by atoms with Crippen LogP contribution in [0.5, 0.6) is 0 Å². The second-order valence-corrected chi connectivity index (χ2v) is 13.1. The highest BCUT2D eigenvalue weighted by Gasteiger charge is 2.31. The van der Waals surface area contributed by atoms with E-state index < -0.39 is 146 Å². The molecular formula is C32H53N9O14. The van der Waals surface area contributed by atoms with Crippen LogP contribution in [-0.4, -0.2) is 136 Å². The van der Waals surface area contributed by atoms with Gasteiger partial charge in [0.1, 0.15) is 36.8 Å². The molecule has 0 rings (SSSR count). The van der Waals surface area contributed by atoms with Crippen LogP contribution in [0.2, 0.25) is 0 Å². The lowest BCUT2D eigenvalue weighted by Gasteiger charge is -2.26. The minimum absolute atomic E-state index is 0.295. The first-order chi connectivity index (χ1) is 25.5. The zero-order valence-corrected chi connectivity index (χ0v) is 31.5. The van der Waals surface area contributed by atoms with E-state index >= 15 is 0 Å². The van der Waals surface area contributed by atoms with Gasteiger partial charge in [-0.05, 0) is 38.5 Å². The number of nitrogens with two attached hydrogens (primary N) is 1. The molecule has 0 saturated heterocycles. The molecule has 0 fully saturated rings. The number of rotatable bonds is 25. The Bertz CT molecular complexity index is 1440. The van der Waals surface area contributed by atoms with E-state index in [1.165, 1.54) is 13.8 Å². The summed E-state index contributed by atoms with van der Waals surface area (Å²) in [6, 6.07) is -7.73. The van der Waals surface area contributed by atoms with Crippen molar-refractivity contribution >= 4 is 65.2 Å². The van der Waals surface area contributed by atoms with Gasteiger partial charge in [-0.25, -0.2) is 0 Å². The molecule has 55 heavy (non-hydrogen) atoms. The first kappa shape index (κ1) is 49.1. The van der Waals surface area contributed by atoms with E-state index in [-0.39, 0.29) is 12.3 Å². The molecule has 6 atom stereocenters. The molecule has 0 heterocycles. The van der Waals surface area contributed by atoms with Crippen molar-refractivity contribution in [3.8, 4) is 0 Å². The van der Waals surface area contributed by atoms with Gasteiger partial charge in [0.2, 0.25) is 47.3 Å². The van der Waals surface area contributed by atoms with Crippen LogP contribution in [0.25, 0.3) is 0 Å². The molecule has 23 nitrogen and oxygen atoms in total. The van der Waals surface area contributed by atoms with Crippen LogP contribution >= 0.6 is 0 Å². The summed E-state index contributed by atoms with van der Waals surface area (Å²) in [4.78, 5) is 134. The third-order valence-corrected chi connectivity index (χ3v) is 7.63. The maximum atomic E-state index is 13.2. The van der Waals surface area contributed by atoms with Crippen LogP contribution in [-0.2, 0) is 52.7 Å². The van der Waals surface area contributed by atoms with Crippen molar-refractivity contribution in [1.82, 2.24) is 42.5 Å². The molecule has 23 heteroatoms. The molecule has 0 bridgehead atoms. The first-order valence-electron chi connectivity index (χ1n) is 17.2. The number of carbonyl (C=O) groups excluding carboxylic acids is 8. The van der Waals surface area contributed by atoms with Crippen molar-refractivity contribution in [3.05, 3.63) is 0 Å². The summed E-state index contributed by atoms with van der Waals surface area (Å²) in [5.74, 6) is -11.7. The number of carbonyl (C=O) groups is 11. The smallest absolute Gasteiger partial charge is 0.322 e. The molecule has 0 aliphatic rings. The van der Waals surface area contributed by atoms with Gasteiger partial charge >= 0.3 is 17.9 Å². The Morgan fingerprint density at radius 1 is 0.455 bits per heavy atom. The summed E-state index contributed by atoms with van der Waals surface area (Å²) in [5, 5.41) is 45.0. The van der Waals surface area contributed by atoms with Gasteiger partial charge in [-0.2, -0.15) is 0 Å². The Kier molecular flexibility index (Phi) is 21.8. The molecule has 0 spiro atoms. The van der Waals surface area contributed by atoms with Crippen LogP contribution in [0.1, 0.15) is 67.2 Å². The minimum Gasteiger partial charge on any atom is -0.481 e. The molecule has 0 aromatic carbocycles. The van der Waals surface area contributed by atoms with Crippen molar-refractivity contribution in [2.24, 2.45) is 17.6 Å². The van der Waals surface area contributed by atoms with Crippen molar-refractivity contribution in [2.75, 3.05) is 19.6 Å². The highest BCUT2D eigenvalue weighted by atomic mass is 16.4. The van der Waals surface area contributed by atoms with E-state index in [4.69, 9.17) is 21.1 Å². The largest absolute Gasteiger partial charge is 0.481 e. The number of carboxylic acids is 3. The van der Waals surface area contributed by atoms with Gasteiger partial charge in [0, 0.05) is 12.8 Å². The van der Waals surface area contributed by atoms with Gasteiger partial charge in [-0.15, -0.1) is 0 Å². The number of nitrogens with one attached hydrogen (secondary N) is 8. The third-order valence-electron chi connectivity index (χ3n) is 7.63. The number of hydrogen-bond donors (Lipinski definition) is 12. The number of hydrogen-bond acceptors (Lipinski definition) is 12. The normalized spacial score (nSPS) is 14.1. The molecule has 0 aliphatic heterocycles. The Hall–Kier alpha value is -5.87. The topological polar surface area (TPSA) is 371 Å². The Labute approximate surface area is 316 Å². The van der Waals surface area contributed by atoms with Crippen LogP contribution in [0.4, 0.5) is 0 Å². The van der Waals surface area contributed by atoms with E-state index in [2.05, 4.69) is 37.2 Å². The minimum atomic E-state index is -1.51. The molecule has 0 aromatic heterocycles. The Morgan fingerprint density at radius 2 is 0.873 bits per heavy atom. The molecular weight excluding hydrogens is 734 g/mol. The zero-order chi connectivity index (χ0) is 42.6. The lowest BCUT2D eigenvalue weighted by molar-refractivity contribution is -0.139. The average Bonchev–Trinajstić information content (AvgIpc) is 3.09. The van der Waals surface area contributed by atoms with Crippen molar-refractivity contribution < 1.29 is 68.1 Å². The summed E-state index contributed by atoms with van der Waals surface area (Å²) in [7, 11) is 0. The Balaban J connectivity index is 5.45. The first-order valence-corrected chi connectivity index (χ1v) is 17.2. The van der Waals surface area contributed by atoms with Crippen LogP contribution < -0.4 is 48.3 Å². The summed E-state index contributed by atoms with van der Waals surface area (Å²) in [6.07, 6.45) is -1.80. The molecule has 0 saturated carbocycles. The SMILES string of the molecule is CC(NC(=O)C(CCC(=O)O)NC(=O)C(N)C(C)C)C(=O)NCC(=O)NC(C(=O)NC(CCC(=O)O)C(=O)NC(C)C(=O)NCC(=O)NCC(=O)O)C(C)C. The monoisotopic (exact) mass is 787 g/mol. The van der Waals surface area contributed by atoms with E-state index in [1.807, 2.05) is 5.32 Å². The fourth-order valence-corrected chi connectivity index (χ4v) is 4.30. The van der Waals surface area contributed by atoms with Crippen LogP contribution in [0.15, 0.2) is 0 Å². The van der Waals surface area contributed by atoms with E-state index in [0.29, 0.717) is 0 Å². The molecule has 0 radical (unpaired) electrons. The highest BCUT2D eigenvalue weighted by molar-refractivity contribution is 5.97. The van der Waals surface area contributed by atoms with Gasteiger partial charge in [-0.3, -0.25) is 52.7 Å². The fraction of sp³-hybridized carbons (Fsp3) is 0.656. The third kappa shape index (κ3) is 20.2. The number of carboxylic acid groups (broad SMARTS) is 3. The van der Waals surface area contributed by atoms with Gasteiger partial charge in [0.25, 0.3) is 0 Å². The van der Waals surface area contributed by atoms with Crippen molar-refractivity contribution in [3.63, 3.8) is 0 Å². The van der Waals surface area contributed by atoms with E-state index in [0.717, 1.165) is 0 Å². The quantitative estimate of drug-likeness (QED) is 0.0413. The summed E-state index contributed by atoms with van der Waals surface area (Å²) >= 11 is 0. The fourth-order valence-electron chi connectivity index (χ4n) is 4.30. The number of amides is 8. The summed E-state index contributed by atoms with van der Waals surface area (Å²) in [5.41, 5.74) is 5.81. The van der Waals surface area contributed by atoms with Gasteiger partial charge in [0.15, 0.2) is 0 Å².